The molecule has 2 saturated heterocycles. The Hall–Kier alpha value is -5.78. The van der Waals surface area contributed by atoms with Crippen LogP contribution in [-0.4, -0.2) is 121 Å². The summed E-state index contributed by atoms with van der Waals surface area (Å²) in [6.07, 6.45) is 11.6. The summed E-state index contributed by atoms with van der Waals surface area (Å²) in [4.78, 5) is 52.7. The van der Waals surface area contributed by atoms with Gasteiger partial charge in [0.15, 0.2) is 0 Å². The molecule has 0 unspecified atom stereocenters. The number of carbonyl (C=O) groups is 4. The first-order chi connectivity index (χ1) is 35.9. The Morgan fingerprint density at radius 2 is 1.05 bits per heavy atom. The van der Waals surface area contributed by atoms with E-state index in [4.69, 9.17) is 43.5 Å². The smallest absolute Gasteiger partial charge is 0.377 e. The first kappa shape index (κ1) is 55.5. The molecule has 10 rings (SSSR count). The number of fused-ring (bicyclic) bond motifs is 2. The van der Waals surface area contributed by atoms with E-state index in [2.05, 4.69) is 51.9 Å². The number of hydrogen-bond donors (Lipinski definition) is 5. The van der Waals surface area contributed by atoms with E-state index >= 15 is 0 Å². The van der Waals surface area contributed by atoms with Crippen LogP contribution in [0, 0.1) is 0 Å². The molecule has 2 aromatic heterocycles. The Morgan fingerprint density at radius 3 is 1.48 bits per heavy atom. The third kappa shape index (κ3) is 14.4. The van der Waals surface area contributed by atoms with E-state index in [1.165, 1.54) is 12.8 Å². The largest absolute Gasteiger partial charge is 0.489 e. The topological polar surface area (TPSA) is 202 Å². The summed E-state index contributed by atoms with van der Waals surface area (Å²) < 4.78 is 15.7. The van der Waals surface area contributed by atoms with Gasteiger partial charge in [0, 0.05) is 76.5 Å². The monoisotopic (exact) mass is 1060 g/mol. The van der Waals surface area contributed by atoms with Crippen LogP contribution in [0.2, 0.25) is 10.0 Å². The number of ketones is 2. The molecule has 4 aliphatic rings. The summed E-state index contributed by atoms with van der Waals surface area (Å²) in [5.41, 5.74) is 10.0. The number of aliphatic hydroxyl groups is 2. The van der Waals surface area contributed by atoms with Gasteiger partial charge in [0.1, 0.15) is 17.6 Å². The number of nitrogens with one attached hydrogen (secondary N) is 1. The minimum absolute atomic E-state index is 0.213. The van der Waals surface area contributed by atoms with Gasteiger partial charge in [0.2, 0.25) is 5.78 Å². The van der Waals surface area contributed by atoms with Crippen LogP contribution in [0.4, 0.5) is 0 Å². The quantitative estimate of drug-likeness (QED) is 0.0380. The molecule has 2 saturated carbocycles. The van der Waals surface area contributed by atoms with Gasteiger partial charge in [0.25, 0.3) is 11.7 Å². The van der Waals surface area contributed by atoms with E-state index in [0.717, 1.165) is 98.6 Å². The second-order valence-electron chi connectivity index (χ2n) is 20.8. The molecule has 15 nitrogen and oxygen atoms in total. The van der Waals surface area contributed by atoms with Crippen LogP contribution in [0.3, 0.4) is 0 Å². The molecule has 0 spiro atoms. The van der Waals surface area contributed by atoms with Gasteiger partial charge in [-0.2, -0.15) is 0 Å². The van der Waals surface area contributed by atoms with Crippen LogP contribution in [-0.2, 0) is 9.59 Å². The molecule has 1 amide bonds. The summed E-state index contributed by atoms with van der Waals surface area (Å²) in [6.45, 7) is 13.4. The number of aromatic nitrogens is 2. The number of carboxylic acid groups (broad SMARTS) is 1. The van der Waals surface area contributed by atoms with Crippen molar-refractivity contribution in [2.75, 3.05) is 39.3 Å². The first-order valence-corrected chi connectivity index (χ1v) is 27.0. The number of amides is 1. The van der Waals surface area contributed by atoms with Crippen molar-refractivity contribution in [3.8, 4) is 11.5 Å². The normalized spacial score (nSPS) is 17.5. The molecule has 4 atom stereocenters. The van der Waals surface area contributed by atoms with E-state index in [1.54, 1.807) is 54.6 Å². The van der Waals surface area contributed by atoms with Crippen LogP contribution in [0.25, 0.3) is 21.8 Å². The third-order valence-electron chi connectivity index (χ3n) is 14.1. The zero-order valence-corrected chi connectivity index (χ0v) is 44.7. The van der Waals surface area contributed by atoms with Crippen molar-refractivity contribution < 1.29 is 44.0 Å². The predicted octanol–water partition coefficient (Wildman–Crippen LogP) is 9.74. The Bertz CT molecular complexity index is 2970. The molecule has 4 heterocycles. The molecule has 6 aromatic rings. The Balaban J connectivity index is 0.000000165. The third-order valence-corrected chi connectivity index (χ3v) is 14.7. The summed E-state index contributed by atoms with van der Waals surface area (Å²) >= 11 is 12.7. The number of ether oxygens (including phenoxy) is 2. The zero-order valence-electron chi connectivity index (χ0n) is 43.2. The minimum atomic E-state index is -1.42. The number of aliphatic carboxylic acids is 1. The molecule has 2 aliphatic heterocycles. The minimum Gasteiger partial charge on any atom is -0.489 e. The number of carboxylic acids is 1. The van der Waals surface area contributed by atoms with E-state index in [0.29, 0.717) is 51.4 Å². The highest BCUT2D eigenvalue weighted by Crippen LogP contribution is 2.36. The van der Waals surface area contributed by atoms with Crippen LogP contribution in [0.1, 0.15) is 135 Å². The molecule has 400 valence electrons. The van der Waals surface area contributed by atoms with Gasteiger partial charge in [-0.15, -0.1) is 0 Å². The fraction of sp³-hybridized carbons (Fsp3) is 0.448. The lowest BCUT2D eigenvalue weighted by Gasteiger charge is -2.28. The predicted molar refractivity (Wildman–Crippen MR) is 292 cm³/mol. The van der Waals surface area contributed by atoms with E-state index < -0.39 is 41.7 Å². The van der Waals surface area contributed by atoms with Crippen LogP contribution in [0.15, 0.2) is 97.3 Å². The van der Waals surface area contributed by atoms with Crippen molar-refractivity contribution in [2.24, 2.45) is 5.73 Å². The Labute approximate surface area is 448 Å². The number of rotatable bonds is 19. The van der Waals surface area contributed by atoms with Gasteiger partial charge in [-0.3, -0.25) is 14.4 Å². The van der Waals surface area contributed by atoms with Gasteiger partial charge >= 0.3 is 5.97 Å². The number of likely N-dealkylation sites (tertiary alicyclic amines) is 2. The molecule has 75 heavy (non-hydrogen) atoms. The SMILES string of the molecule is CC(C)n1ccc2cc(C(=O)C(=O)N[C@H](CN3CCCC3)[C@H](O)c3ccc(OC4CC4)c(Cl)c3)ccc21.CC(C)n1ccc2cc(C(=O)C(=O)O)ccc21.N[C@H](CN1CCCC1)[C@H](O)c1ccc(OC2CC2)c(Cl)c1. The number of aliphatic hydroxyl groups excluding tert-OH is 2. The average molecular weight is 1070 g/mol. The Kier molecular flexibility index (Phi) is 18.4. The summed E-state index contributed by atoms with van der Waals surface area (Å²) in [5.74, 6) is -2.35. The molecule has 17 heteroatoms. The number of hydrogen-bond acceptors (Lipinski definition) is 11. The van der Waals surface area contributed by atoms with Crippen LogP contribution >= 0.6 is 23.2 Å². The highest BCUT2D eigenvalue weighted by Gasteiger charge is 2.31. The second kappa shape index (κ2) is 24.9. The van der Waals surface area contributed by atoms with Gasteiger partial charge in [-0.05, 0) is 189 Å². The maximum absolute atomic E-state index is 13.1. The molecule has 6 N–H and O–H groups in total. The molecule has 0 radical (unpaired) electrons. The average Bonchev–Trinajstić information content (AvgIpc) is 4.08. The highest BCUT2D eigenvalue weighted by molar-refractivity contribution is 6.43. The van der Waals surface area contributed by atoms with Crippen molar-refractivity contribution in [3.63, 3.8) is 0 Å². The molecular formula is C58H70Cl2N6O9. The van der Waals surface area contributed by atoms with Gasteiger partial charge in [-0.25, -0.2) is 4.79 Å². The van der Waals surface area contributed by atoms with Crippen molar-refractivity contribution in [1.82, 2.24) is 24.3 Å². The highest BCUT2D eigenvalue weighted by atomic mass is 35.5. The summed E-state index contributed by atoms with van der Waals surface area (Å²) in [6, 6.07) is 24.4. The number of benzene rings is 4. The first-order valence-electron chi connectivity index (χ1n) is 26.3. The number of Topliss-reactive ketones (excluding diaryl/α,β-unsaturated/α-hetero) is 2. The van der Waals surface area contributed by atoms with E-state index in [9.17, 15) is 29.4 Å². The summed E-state index contributed by atoms with van der Waals surface area (Å²) in [7, 11) is 0. The fourth-order valence-electron chi connectivity index (χ4n) is 9.63. The van der Waals surface area contributed by atoms with E-state index in [1.807, 2.05) is 42.7 Å². The summed E-state index contributed by atoms with van der Waals surface area (Å²) in [5, 5.41) is 35.9. The van der Waals surface area contributed by atoms with Crippen molar-refractivity contribution in [2.45, 2.75) is 128 Å². The van der Waals surface area contributed by atoms with Crippen molar-refractivity contribution in [1.29, 1.82) is 0 Å². The second-order valence-corrected chi connectivity index (χ2v) is 21.6. The fourth-order valence-corrected chi connectivity index (χ4v) is 10.1. The maximum Gasteiger partial charge on any atom is 0.377 e. The zero-order chi connectivity index (χ0) is 53.5. The number of nitrogens with two attached hydrogens (primary N) is 1. The Morgan fingerprint density at radius 1 is 0.613 bits per heavy atom. The van der Waals surface area contributed by atoms with Crippen LogP contribution < -0.4 is 20.5 Å². The lowest BCUT2D eigenvalue weighted by molar-refractivity contribution is -0.131. The molecular weight excluding hydrogens is 996 g/mol. The number of carbonyl (C=O) groups excluding carboxylic acids is 3. The van der Waals surface area contributed by atoms with Crippen molar-refractivity contribution in [3.05, 3.63) is 130 Å². The molecule has 4 fully saturated rings. The van der Waals surface area contributed by atoms with Gasteiger partial charge in [-0.1, -0.05) is 35.3 Å². The van der Waals surface area contributed by atoms with Gasteiger partial charge in [0.05, 0.1) is 34.4 Å². The van der Waals surface area contributed by atoms with Crippen molar-refractivity contribution >= 4 is 68.5 Å². The van der Waals surface area contributed by atoms with Gasteiger partial charge < -0.3 is 54.8 Å². The number of nitrogens with zero attached hydrogens (tertiary/aromatic N) is 4. The molecule has 2 aliphatic carbocycles. The standard InChI is InChI=1S/C29H34ClN3O4.C16H23ClN2O2.C13H13NO3/c1-18(2)33-14-11-19-15-20(5-9-25(19)33)28(35)29(36)31-24(17-32-12-3-4-13-32)27(34)21-6-10-26(23(30)16-21)37-22-7-8-22;17-13-9-11(3-6-15(13)21-12-4-5-12)16(20)14(18)10-19-7-1-2-8-19;1-8(2)14-6-5-9-7-10(3-4-11(9)14)12(15)13(16)17/h5-6,9-11,14-16,18,22,24,27,34H,3-4,7-8,12-13,17H2,1-2H3,(H,31,36);3,6,9,12,14,16,20H,1-2,4-5,7-8,10,18H2;3-8H,1-2H3,(H,16,17)/t24-,27-;14-,16-;/m11./s1. The molecule has 0 bridgehead atoms. The maximum atomic E-state index is 13.1. The van der Waals surface area contributed by atoms with E-state index in [-0.39, 0.29) is 23.8 Å². The van der Waals surface area contributed by atoms with Crippen LogP contribution in [0.5, 0.6) is 11.5 Å². The lowest BCUT2D eigenvalue weighted by atomic mass is 10.0. The number of halogens is 2. The lowest BCUT2D eigenvalue weighted by Crippen LogP contribution is -2.48. The molecule has 4 aromatic carbocycles.